The van der Waals surface area contributed by atoms with Crippen molar-refractivity contribution in [2.24, 2.45) is 0 Å². The third-order valence-corrected chi connectivity index (χ3v) is 4.06. The summed E-state index contributed by atoms with van der Waals surface area (Å²) in [6.45, 7) is 1.07. The van der Waals surface area contributed by atoms with Gasteiger partial charge in [0.1, 0.15) is 0 Å². The number of anilines is 1. The van der Waals surface area contributed by atoms with Crippen molar-refractivity contribution in [1.82, 2.24) is 14.9 Å². The molecular formula is C14H15BrN4O2. The number of carboxylic acid groups (broad SMARTS) is 1. The molecule has 0 saturated carbocycles. The molecule has 1 fully saturated rings. The topological polar surface area (TPSA) is 78.4 Å². The van der Waals surface area contributed by atoms with Crippen molar-refractivity contribution in [2.45, 2.75) is 18.9 Å². The summed E-state index contributed by atoms with van der Waals surface area (Å²) >= 11 is 3.42. The number of aromatic nitrogens is 2. The summed E-state index contributed by atoms with van der Waals surface area (Å²) in [4.78, 5) is 21.2. The Morgan fingerprint density at radius 1 is 1.48 bits per heavy atom. The minimum Gasteiger partial charge on any atom is -0.465 e. The maximum atomic E-state index is 11.0. The molecule has 7 heteroatoms. The molecule has 2 N–H and O–H groups in total. The van der Waals surface area contributed by atoms with Crippen LogP contribution in [0.4, 0.5) is 10.7 Å². The molecule has 1 aliphatic rings. The lowest BCUT2D eigenvalue weighted by atomic mass is 10.1. The highest BCUT2D eigenvalue weighted by Gasteiger charge is 2.23. The highest BCUT2D eigenvalue weighted by Crippen LogP contribution is 2.20. The van der Waals surface area contributed by atoms with Crippen LogP contribution in [0.1, 0.15) is 12.8 Å². The molecule has 1 aromatic heterocycles. The zero-order valence-electron chi connectivity index (χ0n) is 11.3. The predicted octanol–water partition coefficient (Wildman–Crippen LogP) is 2.95. The first-order valence-electron chi connectivity index (χ1n) is 6.78. The van der Waals surface area contributed by atoms with Gasteiger partial charge in [-0.05, 0) is 31.0 Å². The van der Waals surface area contributed by atoms with Crippen LogP contribution in [0.25, 0.3) is 10.9 Å². The third kappa shape index (κ3) is 3.24. The number of carbonyl (C=O) groups is 1. The Labute approximate surface area is 130 Å². The Bertz CT molecular complexity index is 679. The fourth-order valence-corrected chi connectivity index (χ4v) is 2.90. The Hall–Kier alpha value is -1.89. The molecule has 1 unspecified atom stereocenters. The van der Waals surface area contributed by atoms with Gasteiger partial charge in [-0.15, -0.1) is 0 Å². The highest BCUT2D eigenvalue weighted by atomic mass is 79.9. The number of piperidine rings is 1. The van der Waals surface area contributed by atoms with E-state index < -0.39 is 6.09 Å². The number of amides is 1. The molecule has 1 atom stereocenters. The first-order chi connectivity index (χ1) is 10.1. The standard InChI is InChI=1S/C14H15BrN4O2/c15-10-3-4-12-9(6-10)7-16-13(18-12)17-11-2-1-5-19(8-11)14(20)21/h3-4,6-7,11H,1-2,5,8H2,(H,20,21)(H,16,17,18). The van der Waals surface area contributed by atoms with Crippen LogP contribution in [-0.4, -0.2) is 45.2 Å². The van der Waals surface area contributed by atoms with Crippen molar-refractivity contribution in [3.63, 3.8) is 0 Å². The van der Waals surface area contributed by atoms with E-state index in [4.69, 9.17) is 5.11 Å². The number of hydrogen-bond acceptors (Lipinski definition) is 4. The fraction of sp³-hybridized carbons (Fsp3) is 0.357. The predicted molar refractivity (Wildman–Crippen MR) is 83.5 cm³/mol. The summed E-state index contributed by atoms with van der Waals surface area (Å²) in [5.41, 5.74) is 0.863. The van der Waals surface area contributed by atoms with Gasteiger partial charge in [0, 0.05) is 35.2 Å². The van der Waals surface area contributed by atoms with Crippen LogP contribution >= 0.6 is 15.9 Å². The average molecular weight is 351 g/mol. The van der Waals surface area contributed by atoms with E-state index in [1.807, 2.05) is 18.2 Å². The molecule has 6 nitrogen and oxygen atoms in total. The molecule has 0 bridgehead atoms. The van der Waals surface area contributed by atoms with E-state index in [1.54, 1.807) is 6.20 Å². The van der Waals surface area contributed by atoms with E-state index in [1.165, 1.54) is 4.90 Å². The molecule has 1 saturated heterocycles. The third-order valence-electron chi connectivity index (χ3n) is 3.57. The molecule has 0 radical (unpaired) electrons. The Morgan fingerprint density at radius 2 is 2.33 bits per heavy atom. The van der Waals surface area contributed by atoms with Crippen molar-refractivity contribution in [3.05, 3.63) is 28.9 Å². The largest absolute Gasteiger partial charge is 0.465 e. The normalized spacial score (nSPS) is 18.7. The lowest BCUT2D eigenvalue weighted by molar-refractivity contribution is 0.132. The number of halogens is 1. The molecule has 2 aromatic rings. The summed E-state index contributed by atoms with van der Waals surface area (Å²) in [5, 5.41) is 13.2. The Morgan fingerprint density at radius 3 is 3.14 bits per heavy atom. The number of likely N-dealkylation sites (tertiary alicyclic amines) is 1. The zero-order chi connectivity index (χ0) is 14.8. The second kappa shape index (κ2) is 5.85. The van der Waals surface area contributed by atoms with Crippen molar-refractivity contribution in [3.8, 4) is 0 Å². The van der Waals surface area contributed by atoms with Gasteiger partial charge in [-0.2, -0.15) is 0 Å². The molecule has 3 rings (SSSR count). The van der Waals surface area contributed by atoms with Gasteiger partial charge in [0.15, 0.2) is 0 Å². The molecular weight excluding hydrogens is 336 g/mol. The second-order valence-electron chi connectivity index (χ2n) is 5.11. The van der Waals surface area contributed by atoms with Crippen LogP contribution in [0, 0.1) is 0 Å². The van der Waals surface area contributed by atoms with Gasteiger partial charge in [-0.25, -0.2) is 14.8 Å². The maximum Gasteiger partial charge on any atom is 0.407 e. The van der Waals surface area contributed by atoms with Crippen LogP contribution in [0.15, 0.2) is 28.9 Å². The van der Waals surface area contributed by atoms with E-state index in [2.05, 4.69) is 31.2 Å². The van der Waals surface area contributed by atoms with Crippen molar-refractivity contribution >= 4 is 38.9 Å². The van der Waals surface area contributed by atoms with Gasteiger partial charge in [0.25, 0.3) is 0 Å². The summed E-state index contributed by atoms with van der Waals surface area (Å²) in [6.07, 6.45) is 2.68. The van der Waals surface area contributed by atoms with Crippen LogP contribution in [-0.2, 0) is 0 Å². The highest BCUT2D eigenvalue weighted by molar-refractivity contribution is 9.10. The summed E-state index contributed by atoms with van der Waals surface area (Å²) in [5.74, 6) is 0.544. The number of hydrogen-bond donors (Lipinski definition) is 2. The lowest BCUT2D eigenvalue weighted by Gasteiger charge is -2.31. The van der Waals surface area contributed by atoms with Gasteiger partial charge in [-0.1, -0.05) is 15.9 Å². The molecule has 1 amide bonds. The van der Waals surface area contributed by atoms with E-state index in [0.717, 1.165) is 28.2 Å². The van der Waals surface area contributed by atoms with Gasteiger partial charge >= 0.3 is 6.09 Å². The number of nitrogens with zero attached hydrogens (tertiary/aromatic N) is 3. The van der Waals surface area contributed by atoms with Gasteiger partial charge < -0.3 is 15.3 Å². The van der Waals surface area contributed by atoms with Crippen LogP contribution < -0.4 is 5.32 Å². The Balaban J connectivity index is 1.75. The molecule has 0 spiro atoms. The zero-order valence-corrected chi connectivity index (χ0v) is 12.9. The maximum absolute atomic E-state index is 11.0. The number of nitrogens with one attached hydrogen (secondary N) is 1. The summed E-state index contributed by atoms with van der Waals surface area (Å²) in [6, 6.07) is 5.89. The Kier molecular flexibility index (Phi) is 3.92. The van der Waals surface area contributed by atoms with Gasteiger partial charge in [0.2, 0.25) is 5.95 Å². The molecule has 110 valence electrons. The van der Waals surface area contributed by atoms with Crippen molar-refractivity contribution in [2.75, 3.05) is 18.4 Å². The molecule has 0 aliphatic carbocycles. The SMILES string of the molecule is O=C(O)N1CCCC(Nc2ncc3cc(Br)ccc3n2)C1. The van der Waals surface area contributed by atoms with Crippen LogP contribution in [0.3, 0.4) is 0 Å². The van der Waals surface area contributed by atoms with Crippen LogP contribution in [0.5, 0.6) is 0 Å². The minimum atomic E-state index is -0.870. The van der Waals surface area contributed by atoms with Crippen molar-refractivity contribution in [1.29, 1.82) is 0 Å². The second-order valence-corrected chi connectivity index (χ2v) is 6.02. The molecule has 1 aliphatic heterocycles. The van der Waals surface area contributed by atoms with Crippen LogP contribution in [0.2, 0.25) is 0 Å². The average Bonchev–Trinajstić information content (AvgIpc) is 2.48. The monoisotopic (exact) mass is 350 g/mol. The smallest absolute Gasteiger partial charge is 0.407 e. The van der Waals surface area contributed by atoms with E-state index in [-0.39, 0.29) is 6.04 Å². The number of fused-ring (bicyclic) bond motifs is 1. The first kappa shape index (κ1) is 14.1. The van der Waals surface area contributed by atoms with Gasteiger partial charge in [-0.3, -0.25) is 0 Å². The quantitative estimate of drug-likeness (QED) is 0.870. The van der Waals surface area contributed by atoms with E-state index in [0.29, 0.717) is 19.0 Å². The summed E-state index contributed by atoms with van der Waals surface area (Å²) < 4.78 is 0.990. The van der Waals surface area contributed by atoms with Crippen molar-refractivity contribution < 1.29 is 9.90 Å². The van der Waals surface area contributed by atoms with Gasteiger partial charge in [0.05, 0.1) is 5.52 Å². The molecule has 2 heterocycles. The van der Waals surface area contributed by atoms with E-state index in [9.17, 15) is 4.79 Å². The number of benzene rings is 1. The summed E-state index contributed by atoms with van der Waals surface area (Å²) in [7, 11) is 0. The number of rotatable bonds is 2. The minimum absolute atomic E-state index is 0.0581. The lowest BCUT2D eigenvalue weighted by Crippen LogP contribution is -2.44. The first-order valence-corrected chi connectivity index (χ1v) is 7.58. The molecule has 1 aromatic carbocycles. The van der Waals surface area contributed by atoms with E-state index >= 15 is 0 Å². The molecule has 21 heavy (non-hydrogen) atoms. The fourth-order valence-electron chi connectivity index (χ4n) is 2.53.